The zero-order valence-corrected chi connectivity index (χ0v) is 12.6. The molecule has 0 saturated heterocycles. The molecule has 0 fully saturated rings. The van der Waals surface area contributed by atoms with E-state index < -0.39 is 4.92 Å². The molecule has 0 aliphatic heterocycles. The normalized spacial score (nSPS) is 10.5. The Kier molecular flexibility index (Phi) is 4.25. The van der Waals surface area contributed by atoms with Crippen LogP contribution in [0.5, 0.6) is 5.75 Å². The summed E-state index contributed by atoms with van der Waals surface area (Å²) in [6, 6.07) is 13.0. The summed E-state index contributed by atoms with van der Waals surface area (Å²) in [5.41, 5.74) is 1.45. The van der Waals surface area contributed by atoms with Crippen LogP contribution in [0.15, 0.2) is 59.2 Å². The fraction of sp³-hybridized carbons (Fsp3) is 0.0625. The van der Waals surface area contributed by atoms with Crippen LogP contribution in [0, 0.1) is 10.1 Å². The van der Waals surface area contributed by atoms with Crippen LogP contribution in [0.25, 0.3) is 11.5 Å². The van der Waals surface area contributed by atoms with Crippen molar-refractivity contribution in [3.8, 4) is 17.2 Å². The van der Waals surface area contributed by atoms with E-state index in [9.17, 15) is 10.1 Å². The summed E-state index contributed by atoms with van der Waals surface area (Å²) >= 11 is 5.84. The lowest BCUT2D eigenvalue weighted by Crippen LogP contribution is -1.96. The molecule has 116 valence electrons. The predicted molar refractivity (Wildman–Crippen MR) is 84.4 cm³/mol. The third kappa shape index (κ3) is 3.67. The minimum Gasteiger partial charge on any atom is -0.487 e. The average molecular weight is 331 g/mol. The fourth-order valence-corrected chi connectivity index (χ4v) is 2.05. The smallest absolute Gasteiger partial charge is 0.269 e. The molecular weight excluding hydrogens is 320 g/mol. The van der Waals surface area contributed by atoms with E-state index in [0.29, 0.717) is 22.4 Å². The average Bonchev–Trinajstić information content (AvgIpc) is 3.03. The molecular formula is C16H11ClN2O4. The number of nitro benzene ring substituents is 1. The Morgan fingerprint density at radius 3 is 2.48 bits per heavy atom. The molecule has 6 nitrogen and oxygen atoms in total. The van der Waals surface area contributed by atoms with Crippen LogP contribution in [0.3, 0.4) is 0 Å². The Bertz CT molecular complexity index is 813. The van der Waals surface area contributed by atoms with Crippen LogP contribution in [-0.2, 0) is 6.61 Å². The van der Waals surface area contributed by atoms with Gasteiger partial charge in [0, 0.05) is 22.7 Å². The zero-order chi connectivity index (χ0) is 16.2. The highest BCUT2D eigenvalue weighted by Crippen LogP contribution is 2.22. The SMILES string of the molecule is O=[N+]([O-])c1ccc(OCc2coc(-c3ccc(Cl)cc3)n2)cc1. The molecule has 2 aromatic carbocycles. The number of halogens is 1. The van der Waals surface area contributed by atoms with Gasteiger partial charge in [-0.15, -0.1) is 0 Å². The highest BCUT2D eigenvalue weighted by Gasteiger charge is 2.08. The predicted octanol–water partition coefficient (Wildman–Crippen LogP) is 4.48. The van der Waals surface area contributed by atoms with Crippen LogP contribution in [-0.4, -0.2) is 9.91 Å². The number of nitro groups is 1. The number of benzene rings is 2. The van der Waals surface area contributed by atoms with Gasteiger partial charge in [0.15, 0.2) is 0 Å². The van der Waals surface area contributed by atoms with Gasteiger partial charge >= 0.3 is 0 Å². The molecule has 3 rings (SSSR count). The Morgan fingerprint density at radius 2 is 1.83 bits per heavy atom. The highest BCUT2D eigenvalue weighted by molar-refractivity contribution is 6.30. The Hall–Kier alpha value is -2.86. The molecule has 0 aliphatic rings. The first-order chi connectivity index (χ1) is 11.1. The van der Waals surface area contributed by atoms with Crippen LogP contribution in [0.1, 0.15) is 5.69 Å². The van der Waals surface area contributed by atoms with Crippen molar-refractivity contribution in [1.82, 2.24) is 4.98 Å². The van der Waals surface area contributed by atoms with Crippen molar-refractivity contribution < 1.29 is 14.1 Å². The van der Waals surface area contributed by atoms with Gasteiger partial charge in [0.2, 0.25) is 5.89 Å². The van der Waals surface area contributed by atoms with Crippen molar-refractivity contribution in [3.05, 3.63) is 75.6 Å². The second-order valence-electron chi connectivity index (χ2n) is 4.69. The second kappa shape index (κ2) is 6.50. The van der Waals surface area contributed by atoms with Gasteiger partial charge in [-0.1, -0.05) is 11.6 Å². The van der Waals surface area contributed by atoms with Gasteiger partial charge in [0.25, 0.3) is 5.69 Å². The fourth-order valence-electron chi connectivity index (χ4n) is 1.92. The molecule has 0 N–H and O–H groups in total. The minimum absolute atomic E-state index is 0.0174. The monoisotopic (exact) mass is 330 g/mol. The maximum absolute atomic E-state index is 10.6. The number of hydrogen-bond donors (Lipinski definition) is 0. The van der Waals surface area contributed by atoms with Gasteiger partial charge in [0.05, 0.1) is 4.92 Å². The van der Waals surface area contributed by atoms with Gasteiger partial charge in [-0.25, -0.2) is 4.98 Å². The van der Waals surface area contributed by atoms with E-state index in [1.54, 1.807) is 24.3 Å². The lowest BCUT2D eigenvalue weighted by Gasteiger charge is -2.02. The molecule has 3 aromatic rings. The summed E-state index contributed by atoms with van der Waals surface area (Å²) in [4.78, 5) is 14.5. The van der Waals surface area contributed by atoms with Gasteiger partial charge in [-0.3, -0.25) is 10.1 Å². The zero-order valence-electron chi connectivity index (χ0n) is 11.8. The van der Waals surface area contributed by atoms with Crippen molar-refractivity contribution in [2.75, 3.05) is 0 Å². The summed E-state index contributed by atoms with van der Waals surface area (Å²) in [7, 11) is 0. The lowest BCUT2D eigenvalue weighted by molar-refractivity contribution is -0.384. The van der Waals surface area contributed by atoms with E-state index in [0.717, 1.165) is 5.56 Å². The molecule has 0 bridgehead atoms. The quantitative estimate of drug-likeness (QED) is 0.509. The molecule has 0 radical (unpaired) electrons. The van der Waals surface area contributed by atoms with E-state index in [1.165, 1.54) is 18.4 Å². The van der Waals surface area contributed by atoms with Crippen molar-refractivity contribution in [3.63, 3.8) is 0 Å². The minimum atomic E-state index is -0.459. The molecule has 0 atom stereocenters. The number of ether oxygens (including phenoxy) is 1. The molecule has 23 heavy (non-hydrogen) atoms. The third-order valence-electron chi connectivity index (χ3n) is 3.08. The summed E-state index contributed by atoms with van der Waals surface area (Å²) in [5.74, 6) is 0.996. The Morgan fingerprint density at radius 1 is 1.13 bits per heavy atom. The van der Waals surface area contributed by atoms with Crippen LogP contribution in [0.2, 0.25) is 5.02 Å². The van der Waals surface area contributed by atoms with E-state index in [1.807, 2.05) is 12.1 Å². The number of hydrogen-bond acceptors (Lipinski definition) is 5. The number of rotatable bonds is 5. The van der Waals surface area contributed by atoms with E-state index in [4.69, 9.17) is 20.8 Å². The molecule has 0 aliphatic carbocycles. The van der Waals surface area contributed by atoms with Gasteiger partial charge < -0.3 is 9.15 Å². The molecule has 1 aromatic heterocycles. The standard InChI is InChI=1S/C16H11ClN2O4/c17-12-3-1-11(2-4-12)16-18-13(10-23-16)9-22-15-7-5-14(6-8-15)19(20)21/h1-8,10H,9H2. The Labute approximate surface area is 136 Å². The van der Waals surface area contributed by atoms with Gasteiger partial charge in [-0.05, 0) is 36.4 Å². The van der Waals surface area contributed by atoms with Gasteiger partial charge in [0.1, 0.15) is 24.3 Å². The van der Waals surface area contributed by atoms with E-state index in [2.05, 4.69) is 4.98 Å². The van der Waals surface area contributed by atoms with E-state index in [-0.39, 0.29) is 12.3 Å². The van der Waals surface area contributed by atoms with Crippen molar-refractivity contribution in [1.29, 1.82) is 0 Å². The van der Waals surface area contributed by atoms with Crippen molar-refractivity contribution in [2.24, 2.45) is 0 Å². The number of non-ortho nitro benzene ring substituents is 1. The summed E-state index contributed by atoms with van der Waals surface area (Å²) in [5, 5.41) is 11.2. The largest absolute Gasteiger partial charge is 0.487 e. The van der Waals surface area contributed by atoms with Gasteiger partial charge in [-0.2, -0.15) is 0 Å². The molecule has 0 unspecified atom stereocenters. The summed E-state index contributed by atoms with van der Waals surface area (Å²) in [6.07, 6.45) is 1.51. The topological polar surface area (TPSA) is 78.4 Å². The van der Waals surface area contributed by atoms with Crippen molar-refractivity contribution >= 4 is 17.3 Å². The number of aromatic nitrogens is 1. The van der Waals surface area contributed by atoms with Crippen LogP contribution in [0.4, 0.5) is 5.69 Å². The molecule has 0 amide bonds. The van der Waals surface area contributed by atoms with Crippen LogP contribution < -0.4 is 4.74 Å². The first kappa shape index (κ1) is 15.1. The van der Waals surface area contributed by atoms with Crippen molar-refractivity contribution in [2.45, 2.75) is 6.61 Å². The first-order valence-electron chi connectivity index (χ1n) is 6.69. The number of nitrogens with zero attached hydrogens (tertiary/aromatic N) is 2. The highest BCUT2D eigenvalue weighted by atomic mass is 35.5. The maximum Gasteiger partial charge on any atom is 0.269 e. The Balaban J connectivity index is 1.65. The molecule has 0 saturated carbocycles. The third-order valence-corrected chi connectivity index (χ3v) is 3.33. The van der Waals surface area contributed by atoms with Crippen LogP contribution >= 0.6 is 11.6 Å². The molecule has 7 heteroatoms. The summed E-state index contributed by atoms with van der Waals surface area (Å²) < 4.78 is 10.9. The van der Waals surface area contributed by atoms with E-state index >= 15 is 0 Å². The second-order valence-corrected chi connectivity index (χ2v) is 5.13. The maximum atomic E-state index is 10.6. The number of oxazole rings is 1. The lowest BCUT2D eigenvalue weighted by atomic mass is 10.2. The first-order valence-corrected chi connectivity index (χ1v) is 7.07. The molecule has 0 spiro atoms. The molecule has 1 heterocycles. The summed E-state index contributed by atoms with van der Waals surface area (Å²) in [6.45, 7) is 0.203.